The number of alkyl halides is 3. The number of hydrogen-bond acceptors (Lipinski definition) is 3. The van der Waals surface area contributed by atoms with Crippen LogP contribution >= 0.6 is 12.2 Å². The van der Waals surface area contributed by atoms with Crippen molar-refractivity contribution in [2.24, 2.45) is 0 Å². The van der Waals surface area contributed by atoms with Gasteiger partial charge in [0.2, 0.25) is 0 Å². The van der Waals surface area contributed by atoms with Crippen LogP contribution in [0, 0.1) is 0 Å². The summed E-state index contributed by atoms with van der Waals surface area (Å²) in [4.78, 5) is 0.942. The Kier molecular flexibility index (Phi) is 5.51. The van der Waals surface area contributed by atoms with Gasteiger partial charge in [-0.05, 0) is 45.9 Å². The van der Waals surface area contributed by atoms with Crippen molar-refractivity contribution < 1.29 is 26.1 Å². The first-order valence-electron chi connectivity index (χ1n) is 7.95. The summed E-state index contributed by atoms with van der Waals surface area (Å²) in [6.07, 6.45) is 0.614. The molecule has 2 aromatic carbocycles. The highest BCUT2D eigenvalue weighted by molar-refractivity contribution is 7.89. The number of nitrogens with one attached hydrogen (secondary N) is 1. The fourth-order valence-corrected chi connectivity index (χ4v) is 3.75. The van der Waals surface area contributed by atoms with Gasteiger partial charge in [0.15, 0.2) is 0 Å². The van der Waals surface area contributed by atoms with E-state index in [1.165, 1.54) is 30.3 Å². The topological polar surface area (TPSA) is 46.2 Å². The van der Waals surface area contributed by atoms with E-state index in [1.807, 2.05) is 0 Å². The van der Waals surface area contributed by atoms with Crippen LogP contribution in [0.3, 0.4) is 0 Å². The monoisotopic (exact) mass is 427 g/mol. The van der Waals surface area contributed by atoms with Crippen molar-refractivity contribution in [1.29, 1.82) is 0 Å². The Morgan fingerprint density at radius 1 is 1.04 bits per heavy atom. The maximum absolute atomic E-state index is 12.9. The molecule has 0 amide bonds. The minimum absolute atomic E-state index is 0.233. The van der Waals surface area contributed by atoms with Gasteiger partial charge in [-0.2, -0.15) is 13.2 Å². The summed E-state index contributed by atoms with van der Waals surface area (Å²) in [5.74, 6) is -0.476. The predicted molar refractivity (Wildman–Crippen MR) is 102 cm³/mol. The highest BCUT2D eigenvalue weighted by Crippen LogP contribution is 2.34. The molecule has 0 saturated heterocycles. The van der Waals surface area contributed by atoms with E-state index in [4.69, 9.17) is 12.2 Å². The second-order valence-electron chi connectivity index (χ2n) is 6.07. The largest absolute Gasteiger partial charge is 0.416 e. The number of rotatable bonds is 4. The van der Waals surface area contributed by atoms with E-state index in [9.17, 15) is 26.1 Å². The molecular weight excluding hydrogens is 414 g/mol. The van der Waals surface area contributed by atoms with Crippen molar-refractivity contribution in [1.82, 2.24) is 4.94 Å². The number of hydrogen-bond donors (Lipinski definition) is 1. The van der Waals surface area contributed by atoms with Gasteiger partial charge in [-0.1, -0.05) is 54.7 Å². The molecule has 0 radical (unpaired) electrons. The molecule has 0 aliphatic heterocycles. The van der Waals surface area contributed by atoms with E-state index < -0.39 is 27.7 Å². The van der Waals surface area contributed by atoms with Crippen LogP contribution in [0.25, 0.3) is 5.57 Å². The quantitative estimate of drug-likeness (QED) is 0.426. The van der Waals surface area contributed by atoms with E-state index in [-0.39, 0.29) is 4.90 Å². The smallest absolute Gasteiger partial charge is 0.205 e. The Labute approximate surface area is 164 Å². The molecule has 1 N–H and O–H groups in total. The molecule has 1 aliphatic rings. The Hall–Kier alpha value is -2.36. The lowest BCUT2D eigenvalue weighted by molar-refractivity contribution is -0.137. The Morgan fingerprint density at radius 3 is 2.29 bits per heavy atom. The van der Waals surface area contributed by atoms with Gasteiger partial charge in [0.25, 0.3) is 10.0 Å². The summed E-state index contributed by atoms with van der Waals surface area (Å²) >= 11 is 5.36. The Bertz CT molecular complexity index is 1070. The van der Waals surface area contributed by atoms with Gasteiger partial charge in [0.1, 0.15) is 0 Å². The summed E-state index contributed by atoms with van der Waals surface area (Å²) in [5.41, 5.74) is 1.00. The van der Waals surface area contributed by atoms with Crippen LogP contribution in [-0.2, 0) is 16.2 Å². The van der Waals surface area contributed by atoms with Crippen LogP contribution in [0.5, 0.6) is 0 Å². The fourth-order valence-electron chi connectivity index (χ4n) is 2.82. The van der Waals surface area contributed by atoms with Crippen molar-refractivity contribution in [3.63, 3.8) is 0 Å². The van der Waals surface area contributed by atoms with E-state index in [0.717, 1.165) is 17.1 Å². The number of thiocarbonyl (C=S) groups is 1. The zero-order chi connectivity index (χ0) is 20.5. The summed E-state index contributed by atoms with van der Waals surface area (Å²) < 4.78 is 73.9. The van der Waals surface area contributed by atoms with E-state index in [0.29, 0.717) is 21.6 Å². The molecule has 28 heavy (non-hydrogen) atoms. The van der Waals surface area contributed by atoms with E-state index in [2.05, 4.69) is 0 Å². The van der Waals surface area contributed by atoms with Gasteiger partial charge >= 0.3 is 6.18 Å². The molecule has 0 heterocycles. The SMILES string of the molecule is O=S(=O)(NF)c1ccc(C2=CC(=S)C(c3cccc(C(F)(F)F)c3)C=C2)cc1. The Morgan fingerprint density at radius 2 is 1.71 bits per heavy atom. The molecular formula is C19H13F4NO2S2. The fraction of sp³-hybridized carbons (Fsp3) is 0.105. The van der Waals surface area contributed by atoms with Crippen molar-refractivity contribution in [2.45, 2.75) is 17.0 Å². The van der Waals surface area contributed by atoms with E-state index >= 15 is 0 Å². The normalized spacial score (nSPS) is 17.5. The van der Waals surface area contributed by atoms with Crippen molar-refractivity contribution >= 4 is 32.7 Å². The average molecular weight is 427 g/mol. The van der Waals surface area contributed by atoms with Gasteiger partial charge in [-0.3, -0.25) is 0 Å². The summed E-state index contributed by atoms with van der Waals surface area (Å²) in [5, 5.41) is 0. The lowest BCUT2D eigenvalue weighted by atomic mass is 9.87. The van der Waals surface area contributed by atoms with Crippen molar-refractivity contribution in [3.8, 4) is 0 Å². The van der Waals surface area contributed by atoms with Crippen LogP contribution in [0.4, 0.5) is 17.7 Å². The van der Waals surface area contributed by atoms with Crippen LogP contribution in [0.1, 0.15) is 22.6 Å². The zero-order valence-corrected chi connectivity index (χ0v) is 15.7. The number of halogens is 4. The maximum Gasteiger partial charge on any atom is 0.416 e. The molecule has 0 saturated carbocycles. The first-order chi connectivity index (χ1) is 13.1. The minimum Gasteiger partial charge on any atom is -0.205 e. The molecule has 2 aromatic rings. The summed E-state index contributed by atoms with van der Waals surface area (Å²) in [6, 6.07) is 10.5. The first kappa shape index (κ1) is 20.4. The van der Waals surface area contributed by atoms with Gasteiger partial charge in [0, 0.05) is 10.8 Å². The van der Waals surface area contributed by atoms with Crippen molar-refractivity contribution in [2.75, 3.05) is 0 Å². The molecule has 0 fully saturated rings. The number of allylic oxidation sites excluding steroid dienone is 4. The third kappa shape index (κ3) is 4.21. The van der Waals surface area contributed by atoms with Crippen LogP contribution in [0.15, 0.2) is 71.7 Å². The molecule has 1 aliphatic carbocycles. The van der Waals surface area contributed by atoms with Gasteiger partial charge in [-0.25, -0.2) is 8.42 Å². The van der Waals surface area contributed by atoms with E-state index in [1.54, 1.807) is 24.3 Å². The molecule has 0 aromatic heterocycles. The molecule has 146 valence electrons. The van der Waals surface area contributed by atoms with Gasteiger partial charge in [-0.15, -0.1) is 4.48 Å². The zero-order valence-electron chi connectivity index (χ0n) is 14.1. The summed E-state index contributed by atoms with van der Waals surface area (Å²) in [6.45, 7) is 0. The number of sulfonamides is 1. The third-order valence-corrected chi connectivity index (χ3v) is 5.71. The molecule has 3 rings (SSSR count). The Balaban J connectivity index is 1.85. The van der Waals surface area contributed by atoms with Crippen LogP contribution < -0.4 is 4.94 Å². The lowest BCUT2D eigenvalue weighted by Gasteiger charge is -2.19. The minimum atomic E-state index is -4.44. The van der Waals surface area contributed by atoms with Gasteiger partial charge in [0.05, 0.1) is 10.5 Å². The molecule has 0 bridgehead atoms. The standard InChI is InChI=1S/C19H13F4NO2S2/c20-19(21,22)15-3-1-2-14(10-15)17-9-6-13(11-18(17)27)12-4-7-16(8-5-12)28(25,26)24-23/h1-11,17,24H. The predicted octanol–water partition coefficient (Wildman–Crippen LogP) is 4.98. The molecule has 3 nitrogen and oxygen atoms in total. The van der Waals surface area contributed by atoms with Crippen LogP contribution in [-0.4, -0.2) is 13.3 Å². The average Bonchev–Trinajstić information content (AvgIpc) is 2.67. The summed E-state index contributed by atoms with van der Waals surface area (Å²) in [7, 11) is -4.19. The van der Waals surface area contributed by atoms with Gasteiger partial charge < -0.3 is 0 Å². The molecule has 0 spiro atoms. The molecule has 1 unspecified atom stereocenters. The number of benzene rings is 2. The second-order valence-corrected chi connectivity index (χ2v) is 8.17. The molecule has 9 heteroatoms. The molecule has 1 atom stereocenters. The maximum atomic E-state index is 12.9. The first-order valence-corrected chi connectivity index (χ1v) is 9.85. The third-order valence-electron chi connectivity index (χ3n) is 4.25. The highest BCUT2D eigenvalue weighted by atomic mass is 32.2. The van der Waals surface area contributed by atoms with Crippen molar-refractivity contribution in [3.05, 3.63) is 83.4 Å². The van der Waals surface area contributed by atoms with Crippen LogP contribution in [0.2, 0.25) is 0 Å². The lowest BCUT2D eigenvalue weighted by Crippen LogP contribution is -2.14. The highest BCUT2D eigenvalue weighted by Gasteiger charge is 2.31. The second kappa shape index (κ2) is 7.57.